The molecule has 2 aliphatic carbocycles. The maximum absolute atomic E-state index is 12.4. The highest BCUT2D eigenvalue weighted by Crippen LogP contribution is 2.39. The summed E-state index contributed by atoms with van der Waals surface area (Å²) in [6, 6.07) is 8.10. The van der Waals surface area contributed by atoms with Gasteiger partial charge in [-0.25, -0.2) is 4.79 Å². The number of carbonyl (C=O) groups is 1. The van der Waals surface area contributed by atoms with Gasteiger partial charge in [0.1, 0.15) is 5.75 Å². The first-order valence-electron chi connectivity index (χ1n) is 7.99. The van der Waals surface area contributed by atoms with E-state index in [-0.39, 0.29) is 11.8 Å². The molecule has 0 radical (unpaired) electrons. The van der Waals surface area contributed by atoms with Crippen molar-refractivity contribution in [2.45, 2.75) is 51.1 Å². The van der Waals surface area contributed by atoms with Crippen LogP contribution in [0.15, 0.2) is 24.3 Å². The number of benzene rings is 1. The first kappa shape index (κ1) is 14.2. The van der Waals surface area contributed by atoms with E-state index in [1.165, 1.54) is 12.8 Å². The van der Waals surface area contributed by atoms with Gasteiger partial charge in [0.2, 0.25) is 0 Å². The summed E-state index contributed by atoms with van der Waals surface area (Å²) in [4.78, 5) is 14.5. The molecule has 0 spiro atoms. The predicted octanol–water partition coefficient (Wildman–Crippen LogP) is 2.91. The molecule has 0 aromatic heterocycles. The Hall–Kier alpha value is -1.71. The summed E-state index contributed by atoms with van der Waals surface area (Å²) < 4.78 is 0. The average molecular weight is 288 g/mol. The lowest BCUT2D eigenvalue weighted by Crippen LogP contribution is -2.47. The third-order valence-corrected chi connectivity index (χ3v) is 4.54. The molecule has 1 aromatic rings. The van der Waals surface area contributed by atoms with Crippen LogP contribution in [-0.2, 0) is 6.42 Å². The molecule has 114 valence electrons. The van der Waals surface area contributed by atoms with Gasteiger partial charge < -0.3 is 15.3 Å². The molecule has 1 aromatic carbocycles. The minimum atomic E-state index is 0.0932. The highest BCUT2D eigenvalue weighted by atomic mass is 16.3. The predicted molar refractivity (Wildman–Crippen MR) is 82.3 cm³/mol. The lowest BCUT2D eigenvalue weighted by Gasteiger charge is -2.29. The molecule has 0 aliphatic heterocycles. The Bertz CT molecular complexity index is 492. The van der Waals surface area contributed by atoms with Crippen LogP contribution in [0.3, 0.4) is 0 Å². The van der Waals surface area contributed by atoms with E-state index in [0.717, 1.165) is 24.8 Å². The molecule has 1 atom stereocenters. The van der Waals surface area contributed by atoms with Gasteiger partial charge in [-0.2, -0.15) is 0 Å². The van der Waals surface area contributed by atoms with E-state index >= 15 is 0 Å². The zero-order valence-corrected chi connectivity index (χ0v) is 12.6. The van der Waals surface area contributed by atoms with Crippen molar-refractivity contribution < 1.29 is 9.90 Å². The van der Waals surface area contributed by atoms with E-state index in [0.29, 0.717) is 24.5 Å². The van der Waals surface area contributed by atoms with Crippen LogP contribution in [0.5, 0.6) is 5.75 Å². The second kappa shape index (κ2) is 5.96. The molecular formula is C17H24N2O2. The van der Waals surface area contributed by atoms with Crippen LogP contribution in [0.4, 0.5) is 4.79 Å². The molecular weight excluding hydrogens is 264 g/mol. The smallest absolute Gasteiger partial charge is 0.317 e. The van der Waals surface area contributed by atoms with Crippen LogP contribution in [0.1, 0.15) is 38.2 Å². The van der Waals surface area contributed by atoms with Gasteiger partial charge in [0.05, 0.1) is 0 Å². The van der Waals surface area contributed by atoms with Crippen LogP contribution in [0.25, 0.3) is 0 Å². The lowest BCUT2D eigenvalue weighted by molar-refractivity contribution is 0.167. The van der Waals surface area contributed by atoms with E-state index in [1.54, 1.807) is 12.1 Å². The van der Waals surface area contributed by atoms with Crippen LogP contribution >= 0.6 is 0 Å². The number of rotatable bonds is 6. The van der Waals surface area contributed by atoms with E-state index in [4.69, 9.17) is 0 Å². The van der Waals surface area contributed by atoms with E-state index < -0.39 is 0 Å². The van der Waals surface area contributed by atoms with Gasteiger partial charge in [-0.05, 0) is 62.6 Å². The minimum absolute atomic E-state index is 0.0932. The number of nitrogens with one attached hydrogen (secondary N) is 1. The van der Waals surface area contributed by atoms with Crippen molar-refractivity contribution in [3.63, 3.8) is 0 Å². The summed E-state index contributed by atoms with van der Waals surface area (Å²) in [6.45, 7) is 2.83. The Labute approximate surface area is 126 Å². The van der Waals surface area contributed by atoms with Gasteiger partial charge in [0, 0.05) is 18.6 Å². The molecule has 0 heterocycles. The van der Waals surface area contributed by atoms with Gasteiger partial charge in [-0.1, -0.05) is 12.1 Å². The fourth-order valence-corrected chi connectivity index (χ4v) is 2.91. The van der Waals surface area contributed by atoms with Crippen molar-refractivity contribution in [1.29, 1.82) is 0 Å². The molecule has 2 aliphatic rings. The fraction of sp³-hybridized carbons (Fsp3) is 0.588. The average Bonchev–Trinajstić information content (AvgIpc) is 3.34. The zero-order valence-electron chi connectivity index (χ0n) is 12.6. The van der Waals surface area contributed by atoms with Gasteiger partial charge in [-0.15, -0.1) is 0 Å². The second-order valence-corrected chi connectivity index (χ2v) is 6.36. The van der Waals surface area contributed by atoms with Gasteiger partial charge in [0.25, 0.3) is 0 Å². The van der Waals surface area contributed by atoms with Crippen molar-refractivity contribution in [2.24, 2.45) is 5.92 Å². The maximum Gasteiger partial charge on any atom is 0.317 e. The molecule has 21 heavy (non-hydrogen) atoms. The number of phenols is 1. The van der Waals surface area contributed by atoms with Gasteiger partial charge >= 0.3 is 6.03 Å². The Kier molecular flexibility index (Phi) is 4.04. The topological polar surface area (TPSA) is 52.6 Å². The highest BCUT2D eigenvalue weighted by Gasteiger charge is 2.41. The van der Waals surface area contributed by atoms with E-state index in [9.17, 15) is 9.90 Å². The fourth-order valence-electron chi connectivity index (χ4n) is 2.91. The number of carbonyl (C=O) groups excluding carboxylic acids is 1. The third kappa shape index (κ3) is 3.69. The molecule has 4 heteroatoms. The number of phenolic OH excluding ortho intramolecular Hbond substituents is 1. The van der Waals surface area contributed by atoms with Crippen LogP contribution < -0.4 is 5.32 Å². The Morgan fingerprint density at radius 3 is 2.52 bits per heavy atom. The zero-order chi connectivity index (χ0) is 14.8. The quantitative estimate of drug-likeness (QED) is 0.845. The molecule has 0 unspecified atom stereocenters. The largest absolute Gasteiger partial charge is 0.508 e. The highest BCUT2D eigenvalue weighted by molar-refractivity contribution is 5.75. The molecule has 2 saturated carbocycles. The summed E-state index contributed by atoms with van der Waals surface area (Å²) >= 11 is 0. The number of hydrogen-bond donors (Lipinski definition) is 2. The van der Waals surface area contributed by atoms with E-state index in [1.807, 2.05) is 12.1 Å². The number of hydrogen-bond acceptors (Lipinski definition) is 2. The standard InChI is InChI=1S/C17H24N2O2/c1-12(14-4-5-14)19(15-6-7-15)17(21)18-11-10-13-2-8-16(20)9-3-13/h2-3,8-9,12,14-15,20H,4-7,10-11H2,1H3,(H,18,21)/t12-/m0/s1. The summed E-state index contributed by atoms with van der Waals surface area (Å²) in [6.07, 6.45) is 5.64. The SMILES string of the molecule is C[C@@H](C1CC1)N(C(=O)NCCc1ccc(O)cc1)C1CC1. The van der Waals surface area contributed by atoms with Crippen molar-refractivity contribution in [2.75, 3.05) is 6.54 Å². The first-order chi connectivity index (χ1) is 10.1. The monoisotopic (exact) mass is 288 g/mol. The summed E-state index contributed by atoms with van der Waals surface area (Å²) in [5.41, 5.74) is 1.13. The lowest BCUT2D eigenvalue weighted by atomic mass is 10.1. The Morgan fingerprint density at radius 2 is 1.95 bits per heavy atom. The minimum Gasteiger partial charge on any atom is -0.508 e. The molecule has 3 rings (SSSR count). The molecule has 4 nitrogen and oxygen atoms in total. The molecule has 2 amide bonds. The number of amides is 2. The summed E-state index contributed by atoms with van der Waals surface area (Å²) in [7, 11) is 0. The van der Waals surface area contributed by atoms with Crippen LogP contribution in [-0.4, -0.2) is 34.7 Å². The molecule has 0 bridgehead atoms. The first-order valence-corrected chi connectivity index (χ1v) is 7.99. The van der Waals surface area contributed by atoms with Gasteiger partial charge in [-0.3, -0.25) is 0 Å². The third-order valence-electron chi connectivity index (χ3n) is 4.54. The Morgan fingerprint density at radius 1 is 1.29 bits per heavy atom. The Balaban J connectivity index is 1.49. The van der Waals surface area contributed by atoms with Crippen molar-refractivity contribution in [1.82, 2.24) is 10.2 Å². The molecule has 2 fully saturated rings. The van der Waals surface area contributed by atoms with E-state index in [2.05, 4.69) is 17.1 Å². The summed E-state index contributed by atoms with van der Waals surface area (Å²) in [5, 5.41) is 12.3. The molecule has 2 N–H and O–H groups in total. The molecule has 0 saturated heterocycles. The van der Waals surface area contributed by atoms with Crippen LogP contribution in [0, 0.1) is 5.92 Å². The summed E-state index contributed by atoms with van der Waals surface area (Å²) in [5.74, 6) is 0.995. The van der Waals surface area contributed by atoms with Crippen molar-refractivity contribution in [3.05, 3.63) is 29.8 Å². The maximum atomic E-state index is 12.4. The number of urea groups is 1. The second-order valence-electron chi connectivity index (χ2n) is 6.36. The van der Waals surface area contributed by atoms with Gasteiger partial charge in [0.15, 0.2) is 0 Å². The normalized spacial score (nSPS) is 19.1. The van der Waals surface area contributed by atoms with Crippen LogP contribution in [0.2, 0.25) is 0 Å². The van der Waals surface area contributed by atoms with Crippen molar-refractivity contribution >= 4 is 6.03 Å². The number of aromatic hydroxyl groups is 1. The number of nitrogens with zero attached hydrogens (tertiary/aromatic N) is 1. The van der Waals surface area contributed by atoms with Crippen molar-refractivity contribution in [3.8, 4) is 5.75 Å².